The lowest BCUT2D eigenvalue weighted by molar-refractivity contribution is -0.126. The van der Waals surface area contributed by atoms with Gasteiger partial charge in [0.05, 0.1) is 5.88 Å². The topological polar surface area (TPSA) is 55.4 Å². The minimum absolute atomic E-state index is 0.0301. The molecule has 0 heterocycles. The maximum absolute atomic E-state index is 11.9. The van der Waals surface area contributed by atoms with E-state index in [0.717, 1.165) is 0 Å². The average Bonchev–Trinajstić information content (AvgIpc) is 2.28. The smallest absolute Gasteiger partial charge is 0.407 e. The Balaban J connectivity index is 4.54. The Morgan fingerprint density at radius 3 is 2.00 bits per heavy atom. The van der Waals surface area contributed by atoms with E-state index in [-0.39, 0.29) is 18.2 Å². The van der Waals surface area contributed by atoms with Crippen molar-refractivity contribution in [1.82, 2.24) is 5.32 Å². The fourth-order valence-electron chi connectivity index (χ4n) is 1.69. The maximum Gasteiger partial charge on any atom is 0.407 e. The van der Waals surface area contributed by atoms with Crippen molar-refractivity contribution in [2.24, 2.45) is 5.41 Å². The van der Waals surface area contributed by atoms with Crippen LogP contribution >= 0.6 is 11.6 Å². The van der Waals surface area contributed by atoms with Crippen LogP contribution in [-0.2, 0) is 9.53 Å². The van der Waals surface area contributed by atoms with E-state index < -0.39 is 17.1 Å². The summed E-state index contributed by atoms with van der Waals surface area (Å²) >= 11 is 5.62. The van der Waals surface area contributed by atoms with Crippen LogP contribution in [0.15, 0.2) is 0 Å². The van der Waals surface area contributed by atoms with Gasteiger partial charge in [0.1, 0.15) is 5.60 Å². The Kier molecular flexibility index (Phi) is 6.68. The highest BCUT2D eigenvalue weighted by Crippen LogP contribution is 2.27. The van der Waals surface area contributed by atoms with Gasteiger partial charge in [-0.25, -0.2) is 4.79 Å². The highest BCUT2D eigenvalue weighted by Gasteiger charge is 2.34. The fraction of sp³-hybridized carbons (Fsp3) is 0.846. The van der Waals surface area contributed by atoms with Crippen molar-refractivity contribution in [3.63, 3.8) is 0 Å². The number of alkyl halides is 1. The molecule has 0 aliphatic rings. The third-order valence-electron chi connectivity index (χ3n) is 3.04. The molecule has 4 nitrogen and oxygen atoms in total. The Morgan fingerprint density at radius 2 is 1.67 bits per heavy atom. The summed E-state index contributed by atoms with van der Waals surface area (Å²) in [5.41, 5.74) is -1.12. The summed E-state index contributed by atoms with van der Waals surface area (Å²) in [5.74, 6) is -0.0669. The zero-order valence-electron chi connectivity index (χ0n) is 11.9. The van der Waals surface area contributed by atoms with Gasteiger partial charge in [-0.1, -0.05) is 13.8 Å². The standard InChI is InChI=1S/C13H24ClNO3/c1-6-13(7-2,10(16)8-14)9-15-11(17)18-12(3,4)5/h6-9H2,1-5H3,(H,15,17). The minimum atomic E-state index is -0.585. The van der Waals surface area contributed by atoms with Gasteiger partial charge in [0.25, 0.3) is 0 Å². The van der Waals surface area contributed by atoms with Crippen LogP contribution in [0.2, 0.25) is 0 Å². The molecule has 0 aromatic heterocycles. The molecule has 1 amide bonds. The molecule has 5 heteroatoms. The van der Waals surface area contributed by atoms with Crippen LogP contribution in [-0.4, -0.2) is 29.9 Å². The molecule has 0 saturated heterocycles. The Labute approximate surface area is 114 Å². The van der Waals surface area contributed by atoms with Gasteiger partial charge in [-0.3, -0.25) is 4.79 Å². The number of alkyl carbamates (subject to hydrolysis) is 1. The zero-order chi connectivity index (χ0) is 14.4. The predicted octanol–water partition coefficient (Wildman–Crippen LogP) is 3.13. The third kappa shape index (κ3) is 5.25. The lowest BCUT2D eigenvalue weighted by Crippen LogP contribution is -2.44. The average molecular weight is 278 g/mol. The predicted molar refractivity (Wildman–Crippen MR) is 73.0 cm³/mol. The largest absolute Gasteiger partial charge is 0.444 e. The van der Waals surface area contributed by atoms with Crippen molar-refractivity contribution in [1.29, 1.82) is 0 Å². The zero-order valence-corrected chi connectivity index (χ0v) is 12.7. The van der Waals surface area contributed by atoms with E-state index in [1.165, 1.54) is 0 Å². The lowest BCUT2D eigenvalue weighted by Gasteiger charge is -2.30. The Morgan fingerprint density at radius 1 is 1.17 bits per heavy atom. The van der Waals surface area contributed by atoms with Crippen LogP contribution in [0.1, 0.15) is 47.5 Å². The first-order valence-corrected chi connectivity index (χ1v) is 6.80. The monoisotopic (exact) mass is 277 g/mol. The third-order valence-corrected chi connectivity index (χ3v) is 3.28. The SMILES string of the molecule is CCC(CC)(CNC(=O)OC(C)(C)C)C(=O)CCl. The molecule has 106 valence electrons. The van der Waals surface area contributed by atoms with Gasteiger partial charge < -0.3 is 10.1 Å². The van der Waals surface area contributed by atoms with Crippen LogP contribution in [0.3, 0.4) is 0 Å². The maximum atomic E-state index is 11.9. The van der Waals surface area contributed by atoms with E-state index in [1.54, 1.807) is 20.8 Å². The summed E-state index contributed by atoms with van der Waals surface area (Å²) in [6, 6.07) is 0. The number of ether oxygens (including phenoxy) is 1. The summed E-state index contributed by atoms with van der Waals surface area (Å²) in [5, 5.41) is 2.66. The lowest BCUT2D eigenvalue weighted by atomic mass is 9.79. The van der Waals surface area contributed by atoms with Crippen molar-refractivity contribution < 1.29 is 14.3 Å². The van der Waals surface area contributed by atoms with Crippen LogP contribution in [0.25, 0.3) is 0 Å². The Hall–Kier alpha value is -0.770. The number of halogens is 1. The number of rotatable bonds is 6. The number of hydrogen-bond acceptors (Lipinski definition) is 3. The molecule has 0 fully saturated rings. The number of nitrogens with one attached hydrogen (secondary N) is 1. The van der Waals surface area contributed by atoms with Gasteiger partial charge in [0, 0.05) is 12.0 Å². The molecule has 0 aliphatic carbocycles. The molecular weight excluding hydrogens is 254 g/mol. The molecule has 0 saturated carbocycles. The Bertz CT molecular complexity index is 293. The first-order valence-electron chi connectivity index (χ1n) is 6.27. The molecule has 0 aromatic rings. The molecule has 0 spiro atoms. The number of amides is 1. The van der Waals surface area contributed by atoms with E-state index in [0.29, 0.717) is 12.8 Å². The molecule has 18 heavy (non-hydrogen) atoms. The van der Waals surface area contributed by atoms with Gasteiger partial charge in [0.15, 0.2) is 5.78 Å². The molecule has 0 unspecified atom stereocenters. The highest BCUT2D eigenvalue weighted by atomic mass is 35.5. The van der Waals surface area contributed by atoms with Crippen LogP contribution in [0, 0.1) is 5.41 Å². The number of carbonyl (C=O) groups excluding carboxylic acids is 2. The van der Waals surface area contributed by atoms with Gasteiger partial charge in [0.2, 0.25) is 0 Å². The van der Waals surface area contributed by atoms with E-state index >= 15 is 0 Å². The van der Waals surface area contributed by atoms with Crippen molar-refractivity contribution in [3.05, 3.63) is 0 Å². The highest BCUT2D eigenvalue weighted by molar-refractivity contribution is 6.28. The first-order chi connectivity index (χ1) is 8.20. The van der Waals surface area contributed by atoms with E-state index in [1.807, 2.05) is 13.8 Å². The van der Waals surface area contributed by atoms with Crippen LogP contribution in [0.4, 0.5) is 4.79 Å². The molecule has 0 rings (SSSR count). The second kappa shape index (κ2) is 6.98. The van der Waals surface area contributed by atoms with Crippen molar-refractivity contribution >= 4 is 23.5 Å². The molecule has 0 aromatic carbocycles. The first kappa shape index (κ1) is 17.2. The van der Waals surface area contributed by atoms with E-state index in [2.05, 4.69) is 5.32 Å². The van der Waals surface area contributed by atoms with Crippen LogP contribution in [0.5, 0.6) is 0 Å². The number of hydrogen-bond donors (Lipinski definition) is 1. The van der Waals surface area contributed by atoms with E-state index in [9.17, 15) is 9.59 Å². The fourth-order valence-corrected chi connectivity index (χ4v) is 1.97. The van der Waals surface area contributed by atoms with Crippen molar-refractivity contribution in [2.45, 2.75) is 53.1 Å². The second-order valence-corrected chi connectivity index (χ2v) is 5.67. The molecular formula is C13H24ClNO3. The summed E-state index contributed by atoms with van der Waals surface area (Å²) in [6.07, 6.45) is 0.784. The quantitative estimate of drug-likeness (QED) is 0.759. The molecule has 0 aliphatic heterocycles. The summed E-state index contributed by atoms with van der Waals surface area (Å²) < 4.78 is 5.14. The van der Waals surface area contributed by atoms with Gasteiger partial charge in [-0.05, 0) is 33.6 Å². The van der Waals surface area contributed by atoms with Gasteiger partial charge >= 0.3 is 6.09 Å². The number of carbonyl (C=O) groups is 2. The van der Waals surface area contributed by atoms with E-state index in [4.69, 9.17) is 16.3 Å². The summed E-state index contributed by atoms with van der Waals surface area (Å²) in [6.45, 7) is 9.49. The van der Waals surface area contributed by atoms with Crippen molar-refractivity contribution in [3.8, 4) is 0 Å². The number of ketones is 1. The molecule has 0 bridgehead atoms. The number of Topliss-reactive ketones (excluding diaryl/α,β-unsaturated/α-hetero) is 1. The molecule has 0 radical (unpaired) electrons. The minimum Gasteiger partial charge on any atom is -0.444 e. The second-order valence-electron chi connectivity index (χ2n) is 5.40. The molecule has 1 N–H and O–H groups in total. The van der Waals surface area contributed by atoms with Gasteiger partial charge in [-0.15, -0.1) is 11.6 Å². The van der Waals surface area contributed by atoms with Crippen LogP contribution < -0.4 is 5.32 Å². The normalized spacial score (nSPS) is 12.1. The van der Waals surface area contributed by atoms with Crippen molar-refractivity contribution in [2.75, 3.05) is 12.4 Å². The summed E-state index contributed by atoms with van der Waals surface area (Å²) in [7, 11) is 0. The molecule has 0 atom stereocenters. The summed E-state index contributed by atoms with van der Waals surface area (Å²) in [4.78, 5) is 23.4. The van der Waals surface area contributed by atoms with Gasteiger partial charge in [-0.2, -0.15) is 0 Å².